The molecule has 0 aromatic heterocycles. The molecule has 2 heterocycles. The van der Waals surface area contributed by atoms with E-state index in [1.807, 2.05) is 0 Å². The van der Waals surface area contributed by atoms with Crippen LogP contribution >= 0.6 is 0 Å². The maximum Gasteiger partial charge on any atom is 0.243 e. The van der Waals surface area contributed by atoms with Crippen LogP contribution in [0.3, 0.4) is 0 Å². The minimum absolute atomic E-state index is 0.0666. The molecule has 0 spiro atoms. The highest BCUT2D eigenvalue weighted by Gasteiger charge is 2.30. The number of nitrogens with zero attached hydrogens (tertiary/aromatic N) is 2. The first kappa shape index (κ1) is 25.6. The molecule has 8 nitrogen and oxygen atoms in total. The average molecular weight is 479 g/mol. The second-order valence-electron chi connectivity index (χ2n) is 9.51. The van der Waals surface area contributed by atoms with Crippen LogP contribution < -0.4 is 10.6 Å². The van der Waals surface area contributed by atoms with E-state index < -0.39 is 10.0 Å². The van der Waals surface area contributed by atoms with Crippen LogP contribution in [0.2, 0.25) is 0 Å². The van der Waals surface area contributed by atoms with Crippen LogP contribution in [-0.4, -0.2) is 68.7 Å². The molecule has 2 N–H and O–H groups in total. The lowest BCUT2D eigenvalue weighted by Crippen LogP contribution is -2.40. The Labute approximate surface area is 198 Å². The van der Waals surface area contributed by atoms with Crippen LogP contribution in [0.1, 0.15) is 52.4 Å². The number of benzene rings is 1. The lowest BCUT2D eigenvalue weighted by Gasteiger charge is -2.31. The molecule has 9 heteroatoms. The van der Waals surface area contributed by atoms with E-state index >= 15 is 0 Å². The quantitative estimate of drug-likeness (QED) is 0.532. The van der Waals surface area contributed by atoms with Crippen molar-refractivity contribution in [2.24, 2.45) is 11.8 Å². The van der Waals surface area contributed by atoms with Crippen LogP contribution in [0.25, 0.3) is 0 Å². The van der Waals surface area contributed by atoms with Gasteiger partial charge in [0.15, 0.2) is 0 Å². The minimum atomic E-state index is -3.58. The Morgan fingerprint density at radius 2 is 1.76 bits per heavy atom. The molecule has 1 atom stereocenters. The predicted molar refractivity (Wildman–Crippen MR) is 129 cm³/mol. The van der Waals surface area contributed by atoms with E-state index in [0.29, 0.717) is 44.6 Å². The van der Waals surface area contributed by atoms with Gasteiger partial charge in [0.05, 0.1) is 4.90 Å². The van der Waals surface area contributed by atoms with Gasteiger partial charge in [-0.15, -0.1) is 0 Å². The Morgan fingerprint density at radius 3 is 2.39 bits per heavy atom. The maximum absolute atomic E-state index is 12.9. The number of rotatable bonds is 9. The predicted octanol–water partition coefficient (Wildman–Crippen LogP) is 2.67. The molecule has 2 aliphatic rings. The smallest absolute Gasteiger partial charge is 0.243 e. The summed E-state index contributed by atoms with van der Waals surface area (Å²) >= 11 is 0. The second-order valence-corrected chi connectivity index (χ2v) is 11.4. The zero-order valence-electron chi connectivity index (χ0n) is 19.9. The van der Waals surface area contributed by atoms with Crippen LogP contribution in [-0.2, 0) is 19.6 Å². The maximum atomic E-state index is 12.9. The van der Waals surface area contributed by atoms with Crippen molar-refractivity contribution in [1.29, 1.82) is 0 Å². The molecule has 2 amide bonds. The van der Waals surface area contributed by atoms with Gasteiger partial charge in [0.25, 0.3) is 0 Å². The molecule has 1 aromatic carbocycles. The Kier molecular flexibility index (Phi) is 9.28. The summed E-state index contributed by atoms with van der Waals surface area (Å²) in [6, 6.07) is 6.23. The standard InChI is InChI=1S/C24H38N4O4S/c1-19-5-3-13-27(18-19)14-4-12-25-24(30)17-21-10-15-28(16-11-21)33(31,32)23-8-6-22(7-9-23)26-20(2)29/h6-9,19,21H,3-5,10-18H2,1-2H3,(H,25,30)(H,26,29)/t19-/m1/s1. The number of hydrogen-bond acceptors (Lipinski definition) is 5. The van der Waals surface area contributed by atoms with Gasteiger partial charge in [0.1, 0.15) is 0 Å². The van der Waals surface area contributed by atoms with E-state index in [-0.39, 0.29) is 22.6 Å². The van der Waals surface area contributed by atoms with Crippen LogP contribution in [0, 0.1) is 11.8 Å². The van der Waals surface area contributed by atoms with Crippen molar-refractivity contribution >= 4 is 27.5 Å². The van der Waals surface area contributed by atoms with E-state index in [9.17, 15) is 18.0 Å². The third kappa shape index (κ3) is 7.79. The van der Waals surface area contributed by atoms with Crippen molar-refractivity contribution in [2.45, 2.75) is 57.3 Å². The molecule has 0 bridgehead atoms. The summed E-state index contributed by atoms with van der Waals surface area (Å²) in [5, 5.41) is 5.68. The summed E-state index contributed by atoms with van der Waals surface area (Å²) in [5.41, 5.74) is 0.566. The Morgan fingerprint density at radius 1 is 1.06 bits per heavy atom. The fourth-order valence-electron chi connectivity index (χ4n) is 4.77. The van der Waals surface area contributed by atoms with Crippen LogP contribution in [0.15, 0.2) is 29.2 Å². The number of piperidine rings is 2. The number of sulfonamides is 1. The van der Waals surface area contributed by atoms with Gasteiger partial charge < -0.3 is 15.5 Å². The van der Waals surface area contributed by atoms with E-state index in [4.69, 9.17) is 0 Å². The SMILES string of the molecule is CC(=O)Nc1ccc(S(=O)(=O)N2CCC(CC(=O)NCCCN3CCC[C@@H](C)C3)CC2)cc1. The van der Waals surface area contributed by atoms with Crippen molar-refractivity contribution in [3.63, 3.8) is 0 Å². The molecule has 0 radical (unpaired) electrons. The van der Waals surface area contributed by atoms with Gasteiger partial charge in [0, 0.05) is 45.2 Å². The van der Waals surface area contributed by atoms with E-state index in [1.54, 1.807) is 12.1 Å². The number of nitrogens with one attached hydrogen (secondary N) is 2. The first-order chi connectivity index (χ1) is 15.7. The van der Waals surface area contributed by atoms with Gasteiger partial charge in [-0.25, -0.2) is 8.42 Å². The lowest BCUT2D eigenvalue weighted by molar-refractivity contribution is -0.122. The molecule has 2 saturated heterocycles. The molecule has 0 saturated carbocycles. The minimum Gasteiger partial charge on any atom is -0.356 e. The molecule has 33 heavy (non-hydrogen) atoms. The van der Waals surface area contributed by atoms with Gasteiger partial charge >= 0.3 is 0 Å². The highest BCUT2D eigenvalue weighted by molar-refractivity contribution is 7.89. The fraction of sp³-hybridized carbons (Fsp3) is 0.667. The molecule has 184 valence electrons. The molecule has 2 aliphatic heterocycles. The number of likely N-dealkylation sites (tertiary alicyclic amines) is 1. The number of hydrogen-bond donors (Lipinski definition) is 2. The van der Waals surface area contributed by atoms with E-state index in [2.05, 4.69) is 22.5 Å². The van der Waals surface area contributed by atoms with Gasteiger partial charge in [-0.2, -0.15) is 4.31 Å². The summed E-state index contributed by atoms with van der Waals surface area (Å²) in [6.07, 6.45) is 5.38. The molecule has 1 aromatic rings. The van der Waals surface area contributed by atoms with Gasteiger partial charge in [0.2, 0.25) is 21.8 Å². The van der Waals surface area contributed by atoms with Crippen molar-refractivity contribution in [3.8, 4) is 0 Å². The van der Waals surface area contributed by atoms with E-state index in [0.717, 1.165) is 25.4 Å². The first-order valence-corrected chi connectivity index (χ1v) is 13.5. The Hall–Kier alpha value is -1.97. The number of amides is 2. The van der Waals surface area contributed by atoms with Crippen molar-refractivity contribution < 1.29 is 18.0 Å². The summed E-state index contributed by atoms with van der Waals surface area (Å²) < 4.78 is 27.4. The second kappa shape index (κ2) is 11.9. The molecular weight excluding hydrogens is 440 g/mol. The van der Waals surface area contributed by atoms with Gasteiger partial charge in [-0.05, 0) is 81.3 Å². The van der Waals surface area contributed by atoms with Crippen LogP contribution in [0.5, 0.6) is 0 Å². The van der Waals surface area contributed by atoms with Gasteiger partial charge in [-0.1, -0.05) is 6.92 Å². The fourth-order valence-corrected chi connectivity index (χ4v) is 6.24. The topological polar surface area (TPSA) is 98.8 Å². The first-order valence-electron chi connectivity index (χ1n) is 12.1. The van der Waals surface area contributed by atoms with Crippen molar-refractivity contribution in [1.82, 2.24) is 14.5 Å². The lowest BCUT2D eigenvalue weighted by atomic mass is 9.94. The number of carbonyl (C=O) groups excluding carboxylic acids is 2. The Bertz CT molecular complexity index is 896. The molecule has 3 rings (SSSR count). The molecular formula is C24H38N4O4S. The number of anilines is 1. The third-order valence-electron chi connectivity index (χ3n) is 6.57. The zero-order valence-corrected chi connectivity index (χ0v) is 20.7. The van der Waals surface area contributed by atoms with Gasteiger partial charge in [-0.3, -0.25) is 9.59 Å². The molecule has 2 fully saturated rings. The summed E-state index contributed by atoms with van der Waals surface area (Å²) in [4.78, 5) is 26.2. The largest absolute Gasteiger partial charge is 0.356 e. The third-order valence-corrected chi connectivity index (χ3v) is 8.49. The average Bonchev–Trinajstić information content (AvgIpc) is 2.77. The summed E-state index contributed by atoms with van der Waals surface area (Å²) in [7, 11) is -3.58. The number of carbonyl (C=O) groups is 2. The zero-order chi connectivity index (χ0) is 23.8. The normalized spacial score (nSPS) is 21.0. The van der Waals surface area contributed by atoms with Crippen LogP contribution in [0.4, 0.5) is 5.69 Å². The molecule has 0 aliphatic carbocycles. The summed E-state index contributed by atoms with van der Waals surface area (Å²) in [5.74, 6) is 0.845. The van der Waals surface area contributed by atoms with E-state index in [1.165, 1.54) is 42.7 Å². The summed E-state index contributed by atoms with van der Waals surface area (Å²) in [6.45, 7) is 8.60. The highest BCUT2D eigenvalue weighted by Crippen LogP contribution is 2.26. The van der Waals surface area contributed by atoms with Crippen molar-refractivity contribution in [3.05, 3.63) is 24.3 Å². The highest BCUT2D eigenvalue weighted by atomic mass is 32.2. The van der Waals surface area contributed by atoms with Crippen molar-refractivity contribution in [2.75, 3.05) is 44.6 Å². The monoisotopic (exact) mass is 478 g/mol. The molecule has 0 unspecified atom stereocenters. The Balaban J connectivity index is 1.37.